The van der Waals surface area contributed by atoms with Crippen molar-refractivity contribution in [2.45, 2.75) is 31.4 Å². The first-order valence-corrected chi connectivity index (χ1v) is 8.26. The number of carbonyl (C=O) groups is 1. The highest BCUT2D eigenvalue weighted by Gasteiger charge is 2.34. The van der Waals surface area contributed by atoms with E-state index in [0.717, 1.165) is 38.1 Å². The highest BCUT2D eigenvalue weighted by atomic mass is 32.2. The van der Waals surface area contributed by atoms with E-state index < -0.39 is 0 Å². The fourth-order valence-corrected chi connectivity index (χ4v) is 4.10. The lowest BCUT2D eigenvalue weighted by molar-refractivity contribution is -0.132. The number of carbonyl (C=O) groups excluding carboxylic acids is 1. The van der Waals surface area contributed by atoms with Gasteiger partial charge in [-0.1, -0.05) is 24.3 Å². The summed E-state index contributed by atoms with van der Waals surface area (Å²) >= 11 is 2.01. The summed E-state index contributed by atoms with van der Waals surface area (Å²) in [5.41, 5.74) is 2.83. The molecule has 1 atom stereocenters. The molecular formula is C16H21NOS. The molecule has 2 nitrogen and oxygen atoms in total. The Hall–Kier alpha value is -0.960. The molecule has 1 amide bonds. The second kappa shape index (κ2) is 5.58. The van der Waals surface area contributed by atoms with Crippen LogP contribution >= 0.6 is 11.8 Å². The van der Waals surface area contributed by atoms with Crippen molar-refractivity contribution < 1.29 is 4.79 Å². The van der Waals surface area contributed by atoms with Gasteiger partial charge in [0.25, 0.3) is 0 Å². The summed E-state index contributed by atoms with van der Waals surface area (Å²) in [5.74, 6) is 1.84. The largest absolute Gasteiger partial charge is 0.342 e. The van der Waals surface area contributed by atoms with Crippen LogP contribution in [0, 0.1) is 12.8 Å². The number of nitrogens with zero attached hydrogens (tertiary/aromatic N) is 1. The van der Waals surface area contributed by atoms with Crippen molar-refractivity contribution in [3.8, 4) is 0 Å². The number of thioether (sulfide) groups is 1. The normalized spacial score (nSPS) is 24.1. The van der Waals surface area contributed by atoms with Crippen molar-refractivity contribution in [3.63, 3.8) is 0 Å². The molecule has 19 heavy (non-hydrogen) atoms. The fraction of sp³-hybridized carbons (Fsp3) is 0.562. The molecule has 3 rings (SSSR count). The van der Waals surface area contributed by atoms with Gasteiger partial charge in [0.05, 0.1) is 0 Å². The molecule has 1 saturated heterocycles. The molecule has 1 aromatic carbocycles. The van der Waals surface area contributed by atoms with Crippen LogP contribution in [0.15, 0.2) is 24.3 Å². The minimum Gasteiger partial charge on any atom is -0.342 e. The molecule has 1 saturated carbocycles. The lowest BCUT2D eigenvalue weighted by Crippen LogP contribution is -2.34. The molecule has 1 heterocycles. The average molecular weight is 275 g/mol. The van der Waals surface area contributed by atoms with Gasteiger partial charge in [-0.05, 0) is 37.3 Å². The molecule has 102 valence electrons. The molecule has 1 aromatic rings. The smallest absolute Gasteiger partial charge is 0.225 e. The second-order valence-electron chi connectivity index (χ2n) is 5.60. The highest BCUT2D eigenvalue weighted by molar-refractivity contribution is 7.99. The standard InChI is InChI=1S/C16H21NOS/c1-12-4-2-3-5-14(12)15-8-9-17(10-11-19-15)16(18)13-6-7-13/h2-5,13,15H,6-11H2,1H3/t15-/m0/s1. The number of benzene rings is 1. The number of hydrogen-bond acceptors (Lipinski definition) is 2. The molecule has 2 aliphatic rings. The van der Waals surface area contributed by atoms with E-state index in [0.29, 0.717) is 17.1 Å². The molecule has 3 heteroatoms. The van der Waals surface area contributed by atoms with E-state index in [1.165, 1.54) is 11.1 Å². The number of amides is 1. The molecule has 0 spiro atoms. The maximum absolute atomic E-state index is 12.1. The van der Waals surface area contributed by atoms with Gasteiger partial charge in [0.15, 0.2) is 0 Å². The summed E-state index contributed by atoms with van der Waals surface area (Å²) < 4.78 is 0. The molecule has 0 unspecified atom stereocenters. The van der Waals surface area contributed by atoms with E-state index in [1.807, 2.05) is 11.8 Å². The Labute approximate surface area is 119 Å². The Bertz CT molecular complexity index is 470. The fourth-order valence-electron chi connectivity index (χ4n) is 2.78. The third kappa shape index (κ3) is 2.97. The zero-order valence-electron chi connectivity index (χ0n) is 11.5. The zero-order chi connectivity index (χ0) is 13.2. The van der Waals surface area contributed by atoms with E-state index >= 15 is 0 Å². The van der Waals surface area contributed by atoms with Crippen LogP contribution in [0.1, 0.15) is 35.6 Å². The second-order valence-corrected chi connectivity index (χ2v) is 6.91. The van der Waals surface area contributed by atoms with Crippen molar-refractivity contribution in [1.29, 1.82) is 0 Å². The Kier molecular flexibility index (Phi) is 3.83. The van der Waals surface area contributed by atoms with Gasteiger partial charge in [0.1, 0.15) is 0 Å². The highest BCUT2D eigenvalue weighted by Crippen LogP contribution is 2.37. The molecule has 0 aromatic heterocycles. The summed E-state index contributed by atoms with van der Waals surface area (Å²) in [5, 5.41) is 0.554. The third-order valence-corrected chi connectivity index (χ3v) is 5.43. The minimum atomic E-state index is 0.361. The van der Waals surface area contributed by atoms with E-state index in [4.69, 9.17) is 0 Å². The van der Waals surface area contributed by atoms with Gasteiger partial charge in [-0.15, -0.1) is 0 Å². The number of rotatable bonds is 2. The summed E-state index contributed by atoms with van der Waals surface area (Å²) in [6, 6.07) is 8.66. The van der Waals surface area contributed by atoms with Gasteiger partial charge >= 0.3 is 0 Å². The SMILES string of the molecule is Cc1ccccc1[C@@H]1CCN(C(=O)C2CC2)CCS1. The number of hydrogen-bond donors (Lipinski definition) is 0. The number of aryl methyl sites for hydroxylation is 1. The lowest BCUT2D eigenvalue weighted by atomic mass is 10.0. The molecule has 1 aliphatic heterocycles. The van der Waals surface area contributed by atoms with Crippen molar-refractivity contribution in [3.05, 3.63) is 35.4 Å². The first-order chi connectivity index (χ1) is 9.25. The van der Waals surface area contributed by atoms with Gasteiger partial charge < -0.3 is 4.90 Å². The Balaban J connectivity index is 1.67. The van der Waals surface area contributed by atoms with Crippen molar-refractivity contribution in [1.82, 2.24) is 4.90 Å². The molecule has 0 N–H and O–H groups in total. The van der Waals surface area contributed by atoms with Crippen LogP contribution < -0.4 is 0 Å². The van der Waals surface area contributed by atoms with E-state index in [2.05, 4.69) is 36.1 Å². The van der Waals surface area contributed by atoms with Crippen molar-refractivity contribution in [2.75, 3.05) is 18.8 Å². The molecule has 2 fully saturated rings. The van der Waals surface area contributed by atoms with E-state index in [9.17, 15) is 4.79 Å². The first-order valence-electron chi connectivity index (χ1n) is 7.21. The summed E-state index contributed by atoms with van der Waals surface area (Å²) in [6.45, 7) is 4.05. The molecule has 0 bridgehead atoms. The van der Waals surface area contributed by atoms with Gasteiger partial charge in [0.2, 0.25) is 5.91 Å². The van der Waals surface area contributed by atoms with Gasteiger partial charge in [0, 0.05) is 30.0 Å². The average Bonchev–Trinajstić information content (AvgIpc) is 3.25. The molecular weight excluding hydrogens is 254 g/mol. The first kappa shape index (κ1) is 13.0. The third-order valence-electron chi connectivity index (χ3n) is 4.12. The topological polar surface area (TPSA) is 20.3 Å². The van der Waals surface area contributed by atoms with Crippen LogP contribution in [0.5, 0.6) is 0 Å². The van der Waals surface area contributed by atoms with Crippen LogP contribution in [0.25, 0.3) is 0 Å². The summed E-state index contributed by atoms with van der Waals surface area (Å²) in [7, 11) is 0. The van der Waals surface area contributed by atoms with Crippen LogP contribution in [0.4, 0.5) is 0 Å². The maximum Gasteiger partial charge on any atom is 0.225 e. The van der Waals surface area contributed by atoms with Crippen molar-refractivity contribution >= 4 is 17.7 Å². The summed E-state index contributed by atoms with van der Waals surface area (Å²) in [4.78, 5) is 14.2. The minimum absolute atomic E-state index is 0.361. The van der Waals surface area contributed by atoms with E-state index in [-0.39, 0.29) is 0 Å². The summed E-state index contributed by atoms with van der Waals surface area (Å²) in [6.07, 6.45) is 3.32. The van der Waals surface area contributed by atoms with Crippen LogP contribution in [0.2, 0.25) is 0 Å². The molecule has 1 aliphatic carbocycles. The van der Waals surface area contributed by atoms with Gasteiger partial charge in [-0.25, -0.2) is 0 Å². The lowest BCUT2D eigenvalue weighted by Gasteiger charge is -2.20. The zero-order valence-corrected chi connectivity index (χ0v) is 12.3. The van der Waals surface area contributed by atoms with Crippen LogP contribution in [0.3, 0.4) is 0 Å². The predicted molar refractivity (Wildman–Crippen MR) is 80.3 cm³/mol. The Morgan fingerprint density at radius 3 is 2.74 bits per heavy atom. The monoisotopic (exact) mass is 275 g/mol. The van der Waals surface area contributed by atoms with Crippen LogP contribution in [-0.4, -0.2) is 29.6 Å². The quantitative estimate of drug-likeness (QED) is 0.824. The van der Waals surface area contributed by atoms with Crippen LogP contribution in [-0.2, 0) is 4.79 Å². The Morgan fingerprint density at radius 1 is 1.21 bits per heavy atom. The predicted octanol–water partition coefficient (Wildman–Crippen LogP) is 3.41. The van der Waals surface area contributed by atoms with Gasteiger partial charge in [-0.3, -0.25) is 4.79 Å². The molecule has 0 radical (unpaired) electrons. The van der Waals surface area contributed by atoms with Crippen molar-refractivity contribution in [2.24, 2.45) is 5.92 Å². The van der Waals surface area contributed by atoms with Gasteiger partial charge in [-0.2, -0.15) is 11.8 Å². The Morgan fingerprint density at radius 2 is 2.00 bits per heavy atom. The maximum atomic E-state index is 12.1. The van der Waals surface area contributed by atoms with E-state index in [1.54, 1.807) is 0 Å².